The normalized spacial score (nSPS) is 18.7. The third kappa shape index (κ3) is 2.72. The van der Waals surface area contributed by atoms with Crippen molar-refractivity contribution < 1.29 is 9.47 Å². The molecule has 5 nitrogen and oxygen atoms in total. The van der Waals surface area contributed by atoms with Gasteiger partial charge in [-0.15, -0.1) is 0 Å². The van der Waals surface area contributed by atoms with E-state index in [4.69, 9.17) is 9.47 Å². The molecule has 0 saturated heterocycles. The van der Waals surface area contributed by atoms with Gasteiger partial charge in [0.1, 0.15) is 0 Å². The van der Waals surface area contributed by atoms with Gasteiger partial charge in [0.25, 0.3) is 0 Å². The third-order valence-electron chi connectivity index (χ3n) is 4.76. The molecule has 0 spiro atoms. The highest BCUT2D eigenvalue weighted by Crippen LogP contribution is 2.32. The first kappa shape index (κ1) is 14.3. The molecule has 0 bridgehead atoms. The smallest absolute Gasteiger partial charge is 0.250 e. The Hall–Kier alpha value is -2.27. The highest BCUT2D eigenvalue weighted by Gasteiger charge is 2.20. The second-order valence-corrected chi connectivity index (χ2v) is 6.21. The fourth-order valence-electron chi connectivity index (χ4n) is 3.41. The number of pyridine rings is 1. The quantitative estimate of drug-likeness (QED) is 0.938. The number of aromatic nitrogens is 1. The minimum Gasteiger partial charge on any atom is -0.454 e. The second kappa shape index (κ2) is 5.74. The standard InChI is InChI=1S/C18H20N2O3/c1-20-15-5-4-14(9-13(15)3-7-18(20)21)19-10-12-2-6-16-17(8-12)23-11-22-16/h2-3,6-8,14,19H,4-5,9-11H2,1H3. The zero-order chi connectivity index (χ0) is 15.8. The van der Waals surface area contributed by atoms with Crippen LogP contribution in [0.3, 0.4) is 0 Å². The van der Waals surface area contributed by atoms with E-state index in [1.54, 1.807) is 10.6 Å². The summed E-state index contributed by atoms with van der Waals surface area (Å²) in [6, 6.07) is 10.2. The average molecular weight is 312 g/mol. The molecule has 1 unspecified atom stereocenters. The topological polar surface area (TPSA) is 52.5 Å². The van der Waals surface area contributed by atoms with Crippen LogP contribution >= 0.6 is 0 Å². The van der Waals surface area contributed by atoms with Gasteiger partial charge in [-0.1, -0.05) is 12.1 Å². The summed E-state index contributed by atoms with van der Waals surface area (Å²) >= 11 is 0. The van der Waals surface area contributed by atoms with E-state index < -0.39 is 0 Å². The van der Waals surface area contributed by atoms with E-state index in [2.05, 4.69) is 11.4 Å². The highest BCUT2D eigenvalue weighted by molar-refractivity contribution is 5.44. The van der Waals surface area contributed by atoms with Crippen molar-refractivity contribution in [2.24, 2.45) is 7.05 Å². The predicted octanol–water partition coefficient (Wildman–Crippen LogP) is 1.76. The minimum atomic E-state index is 0.0792. The molecule has 1 atom stereocenters. The van der Waals surface area contributed by atoms with Crippen molar-refractivity contribution in [3.05, 3.63) is 57.5 Å². The lowest BCUT2D eigenvalue weighted by Crippen LogP contribution is -2.36. The number of fused-ring (bicyclic) bond motifs is 2. The van der Waals surface area contributed by atoms with Crippen molar-refractivity contribution in [3.8, 4) is 11.5 Å². The van der Waals surface area contributed by atoms with Crippen LogP contribution in [0.2, 0.25) is 0 Å². The number of nitrogens with one attached hydrogen (secondary N) is 1. The van der Waals surface area contributed by atoms with Crippen LogP contribution in [-0.2, 0) is 26.4 Å². The fourth-order valence-corrected chi connectivity index (χ4v) is 3.41. The predicted molar refractivity (Wildman–Crippen MR) is 86.9 cm³/mol. The van der Waals surface area contributed by atoms with E-state index in [9.17, 15) is 4.79 Å². The van der Waals surface area contributed by atoms with Gasteiger partial charge in [0.2, 0.25) is 12.4 Å². The summed E-state index contributed by atoms with van der Waals surface area (Å²) in [4.78, 5) is 11.7. The van der Waals surface area contributed by atoms with Crippen LogP contribution in [0.25, 0.3) is 0 Å². The number of rotatable bonds is 3. The molecule has 2 heterocycles. The van der Waals surface area contributed by atoms with E-state index in [1.165, 1.54) is 16.8 Å². The molecular weight excluding hydrogens is 292 g/mol. The maximum absolute atomic E-state index is 11.7. The number of hydrogen-bond acceptors (Lipinski definition) is 4. The number of ether oxygens (including phenoxy) is 2. The van der Waals surface area contributed by atoms with E-state index >= 15 is 0 Å². The molecule has 0 amide bonds. The van der Waals surface area contributed by atoms with Crippen LogP contribution in [0.15, 0.2) is 35.1 Å². The first-order valence-corrected chi connectivity index (χ1v) is 8.00. The van der Waals surface area contributed by atoms with Crippen molar-refractivity contribution in [2.75, 3.05) is 6.79 Å². The molecule has 1 N–H and O–H groups in total. The molecule has 1 aromatic heterocycles. The highest BCUT2D eigenvalue weighted by atomic mass is 16.7. The summed E-state index contributed by atoms with van der Waals surface area (Å²) in [5.41, 5.74) is 3.73. The van der Waals surface area contributed by atoms with E-state index in [-0.39, 0.29) is 5.56 Å². The number of nitrogens with zero attached hydrogens (tertiary/aromatic N) is 1. The van der Waals surface area contributed by atoms with Crippen molar-refractivity contribution >= 4 is 0 Å². The Kier molecular flexibility index (Phi) is 3.58. The van der Waals surface area contributed by atoms with Crippen molar-refractivity contribution in [3.63, 3.8) is 0 Å². The Bertz CT molecular complexity index is 797. The van der Waals surface area contributed by atoms with Crippen molar-refractivity contribution in [1.29, 1.82) is 0 Å². The molecule has 1 aromatic carbocycles. The maximum atomic E-state index is 11.7. The summed E-state index contributed by atoms with van der Waals surface area (Å²) in [5, 5.41) is 3.62. The third-order valence-corrected chi connectivity index (χ3v) is 4.76. The summed E-state index contributed by atoms with van der Waals surface area (Å²) in [5.74, 6) is 1.65. The summed E-state index contributed by atoms with van der Waals surface area (Å²) in [7, 11) is 1.86. The lowest BCUT2D eigenvalue weighted by atomic mass is 9.91. The van der Waals surface area contributed by atoms with Crippen LogP contribution in [0.1, 0.15) is 23.2 Å². The Morgan fingerprint density at radius 3 is 3.00 bits per heavy atom. The summed E-state index contributed by atoms with van der Waals surface area (Å²) in [6.07, 6.45) is 2.96. The van der Waals surface area contributed by atoms with Crippen LogP contribution in [0.4, 0.5) is 0 Å². The molecule has 5 heteroatoms. The molecule has 120 valence electrons. The molecule has 2 aliphatic rings. The van der Waals surface area contributed by atoms with Gasteiger partial charge in [-0.3, -0.25) is 4.79 Å². The Morgan fingerprint density at radius 2 is 2.09 bits per heavy atom. The maximum Gasteiger partial charge on any atom is 0.250 e. The molecule has 4 rings (SSSR count). The lowest BCUT2D eigenvalue weighted by molar-refractivity contribution is 0.174. The fraction of sp³-hybridized carbons (Fsp3) is 0.389. The van der Waals surface area contributed by atoms with Crippen molar-refractivity contribution in [2.45, 2.75) is 31.8 Å². The number of hydrogen-bond donors (Lipinski definition) is 1. The molecule has 23 heavy (non-hydrogen) atoms. The summed E-state index contributed by atoms with van der Waals surface area (Å²) in [6.45, 7) is 1.12. The monoisotopic (exact) mass is 312 g/mol. The molecule has 0 radical (unpaired) electrons. The molecule has 2 aromatic rings. The van der Waals surface area contributed by atoms with Gasteiger partial charge in [0.05, 0.1) is 0 Å². The molecular formula is C18H20N2O3. The molecule has 1 aliphatic heterocycles. The first-order chi connectivity index (χ1) is 11.2. The van der Waals surface area contributed by atoms with Crippen LogP contribution in [0, 0.1) is 0 Å². The lowest BCUT2D eigenvalue weighted by Gasteiger charge is -2.27. The van der Waals surface area contributed by atoms with Gasteiger partial charge in [-0.2, -0.15) is 0 Å². The van der Waals surface area contributed by atoms with Gasteiger partial charge in [0, 0.05) is 31.4 Å². The van der Waals surface area contributed by atoms with Crippen LogP contribution in [0.5, 0.6) is 11.5 Å². The van der Waals surface area contributed by atoms with Gasteiger partial charge >= 0.3 is 0 Å². The Morgan fingerprint density at radius 1 is 1.22 bits per heavy atom. The largest absolute Gasteiger partial charge is 0.454 e. The Labute approximate surface area is 134 Å². The van der Waals surface area contributed by atoms with Gasteiger partial charge in [-0.05, 0) is 42.5 Å². The van der Waals surface area contributed by atoms with E-state index in [0.29, 0.717) is 12.8 Å². The van der Waals surface area contributed by atoms with Gasteiger partial charge < -0.3 is 19.4 Å². The zero-order valence-electron chi connectivity index (χ0n) is 13.2. The van der Waals surface area contributed by atoms with Gasteiger partial charge in [0.15, 0.2) is 11.5 Å². The van der Waals surface area contributed by atoms with Gasteiger partial charge in [-0.25, -0.2) is 0 Å². The minimum absolute atomic E-state index is 0.0792. The molecule has 0 fully saturated rings. The van der Waals surface area contributed by atoms with Crippen LogP contribution < -0.4 is 20.3 Å². The summed E-state index contributed by atoms with van der Waals surface area (Å²) < 4.78 is 12.5. The average Bonchev–Trinajstić information content (AvgIpc) is 3.04. The van der Waals surface area contributed by atoms with E-state index in [1.807, 2.05) is 25.2 Å². The van der Waals surface area contributed by atoms with Crippen molar-refractivity contribution in [1.82, 2.24) is 9.88 Å². The molecule has 1 aliphatic carbocycles. The SMILES string of the molecule is Cn1c2c(ccc1=O)CC(NCc1ccc3c(c1)OCO3)CC2. The Balaban J connectivity index is 1.42. The van der Waals surface area contributed by atoms with E-state index in [0.717, 1.165) is 37.3 Å². The van der Waals surface area contributed by atoms with Crippen LogP contribution in [-0.4, -0.2) is 17.4 Å². The first-order valence-electron chi connectivity index (χ1n) is 8.00. The second-order valence-electron chi connectivity index (χ2n) is 6.21. The molecule has 0 saturated carbocycles. The number of benzene rings is 1. The zero-order valence-corrected chi connectivity index (χ0v) is 13.2.